The molecule has 14 radical (unpaired) electrons. The maximum absolute atomic E-state index is 7.42. The van der Waals surface area contributed by atoms with Gasteiger partial charge in [-0.2, -0.15) is 0 Å². The van der Waals surface area contributed by atoms with E-state index in [-0.39, 0.29) is 21.9 Å². The number of hydrogen-bond acceptors (Lipinski definition) is 0. The second-order valence-electron chi connectivity index (χ2n) is 17.6. The molecular weight excluding hydrogens is 824 g/mol. The Balaban J connectivity index is 1.07. The van der Waals surface area contributed by atoms with Gasteiger partial charge in [0.05, 0.1) is 11.0 Å². The van der Waals surface area contributed by atoms with Gasteiger partial charge in [0.25, 0.3) is 0 Å². The summed E-state index contributed by atoms with van der Waals surface area (Å²) in [5.41, 5.74) is 17.2. The highest BCUT2D eigenvalue weighted by Crippen LogP contribution is 2.39. The van der Waals surface area contributed by atoms with Gasteiger partial charge in [0.15, 0.2) is 0 Å². The summed E-state index contributed by atoms with van der Waals surface area (Å²) in [6, 6.07) is 69.6. The van der Waals surface area contributed by atoms with E-state index < -0.39 is 0 Å². The Morgan fingerprint density at radius 1 is 0.246 bits per heavy atom. The molecule has 69 heavy (non-hydrogen) atoms. The van der Waals surface area contributed by atoms with Crippen LogP contribution in [0.4, 0.5) is 0 Å². The van der Waals surface area contributed by atoms with Crippen molar-refractivity contribution in [1.29, 1.82) is 0 Å². The zero-order valence-corrected chi connectivity index (χ0v) is 37.5. The minimum Gasteiger partial charge on any atom is -0.311 e. The summed E-state index contributed by atoms with van der Waals surface area (Å²) in [7, 11) is 48.8. The molecule has 9 heteroatoms. The average Bonchev–Trinajstić information content (AvgIpc) is 3.94. The van der Waals surface area contributed by atoms with E-state index in [1.54, 1.807) is 0 Å². The van der Waals surface area contributed by atoms with Gasteiger partial charge in [-0.15, -0.1) is 10.9 Å². The molecule has 0 bridgehead atoms. The number of nitrogens with zero attached hydrogens (tertiary/aromatic N) is 2. The van der Waals surface area contributed by atoms with Gasteiger partial charge in [-0.25, -0.2) is 0 Å². The second kappa shape index (κ2) is 16.8. The molecule has 0 atom stereocenters. The van der Waals surface area contributed by atoms with Gasteiger partial charge < -0.3 is 9.13 Å². The summed E-state index contributed by atoms with van der Waals surface area (Å²) in [6.07, 6.45) is 0. The van der Waals surface area contributed by atoms with Crippen molar-refractivity contribution in [3.8, 4) is 67.0 Å². The maximum atomic E-state index is 7.42. The zero-order chi connectivity index (χ0) is 47.1. The van der Waals surface area contributed by atoms with Crippen LogP contribution in [-0.4, -0.2) is 64.1 Å². The van der Waals surface area contributed by atoms with Crippen LogP contribution in [0.5, 0.6) is 0 Å². The molecule has 0 aliphatic rings. The number of aromatic nitrogens is 2. The molecule has 0 amide bonds. The van der Waals surface area contributed by atoms with E-state index in [9.17, 15) is 0 Å². The van der Waals surface area contributed by atoms with E-state index in [1.165, 1.54) is 5.56 Å². The van der Waals surface area contributed by atoms with E-state index in [0.29, 0.717) is 43.8 Å². The molecular formula is C60H33B7N2. The molecule has 2 heterocycles. The highest BCUT2D eigenvalue weighted by molar-refractivity contribution is 6.69. The Hall–Kier alpha value is -7.75. The third-order valence-corrected chi connectivity index (χ3v) is 13.7. The highest BCUT2D eigenvalue weighted by atomic mass is 15.0. The number of hydrogen-bond donors (Lipinski definition) is 0. The molecule has 304 valence electrons. The third-order valence-electron chi connectivity index (χ3n) is 13.7. The fourth-order valence-corrected chi connectivity index (χ4v) is 10.3. The third kappa shape index (κ3) is 6.89. The summed E-state index contributed by atoms with van der Waals surface area (Å²) < 4.78 is 4.27. The van der Waals surface area contributed by atoms with Crippen LogP contribution in [0.25, 0.3) is 111 Å². The predicted octanol–water partition coefficient (Wildman–Crippen LogP) is 7.77. The quantitative estimate of drug-likeness (QED) is 0.145. The fourth-order valence-electron chi connectivity index (χ4n) is 10.3. The number of fused-ring (bicyclic) bond motifs is 6. The first-order valence-electron chi connectivity index (χ1n) is 22.8. The Kier molecular flexibility index (Phi) is 10.4. The molecule has 0 spiro atoms. The first kappa shape index (κ1) is 42.6. The second-order valence-corrected chi connectivity index (χ2v) is 17.6. The normalized spacial score (nSPS) is 11.6. The minimum atomic E-state index is 0.173. The standard InChI is InChI=1S/C60H33B7N2/c61-52-49(53(62)57(66)59-50(52)51-54(63)55(64)56(65)58(67)60(51)69(59)44-27-21-38(22-28-44)35-13-6-2-7-14-35)42-24-30-47-46(32-42)45-29-23-41(40-18-10-17-39(31-40)36-15-8-3-9-16-36)33-48(45)68(47)43-25-19-37(20-26-43)34-11-4-1-5-12-34/h1-33H. The van der Waals surface area contributed by atoms with Gasteiger partial charge in [-0.1, -0.05) is 179 Å². The van der Waals surface area contributed by atoms with Crippen LogP contribution in [0, 0.1) is 0 Å². The molecule has 12 aromatic rings. The Morgan fingerprint density at radius 2 is 0.667 bits per heavy atom. The first-order chi connectivity index (χ1) is 33.7. The van der Waals surface area contributed by atoms with Crippen molar-refractivity contribution in [2.24, 2.45) is 0 Å². The smallest absolute Gasteiger partial charge is 0.115 e. The van der Waals surface area contributed by atoms with Gasteiger partial charge >= 0.3 is 0 Å². The largest absolute Gasteiger partial charge is 0.311 e. The Bertz CT molecular complexity index is 3990. The summed E-state index contributed by atoms with van der Waals surface area (Å²) >= 11 is 0. The summed E-state index contributed by atoms with van der Waals surface area (Å²) in [5, 5.41) is 3.20. The molecule has 0 saturated heterocycles. The molecule has 0 aliphatic heterocycles. The van der Waals surface area contributed by atoms with Crippen molar-refractivity contribution < 1.29 is 0 Å². The van der Waals surface area contributed by atoms with Crippen molar-refractivity contribution in [2.75, 3.05) is 0 Å². The van der Waals surface area contributed by atoms with Gasteiger partial charge in [-0.05, 0) is 110 Å². The van der Waals surface area contributed by atoms with Crippen molar-refractivity contribution in [1.82, 2.24) is 9.13 Å². The number of benzene rings is 10. The van der Waals surface area contributed by atoms with Crippen molar-refractivity contribution in [2.45, 2.75) is 0 Å². The predicted molar refractivity (Wildman–Crippen MR) is 300 cm³/mol. The topological polar surface area (TPSA) is 9.86 Å². The van der Waals surface area contributed by atoms with Gasteiger partial charge in [-0.3, -0.25) is 0 Å². The number of rotatable bonds is 7. The van der Waals surface area contributed by atoms with Crippen LogP contribution in [0.2, 0.25) is 0 Å². The molecule has 0 fully saturated rings. The van der Waals surface area contributed by atoms with Gasteiger partial charge in [0.1, 0.15) is 54.9 Å². The monoisotopic (exact) mass is 858 g/mol. The average molecular weight is 858 g/mol. The lowest BCUT2D eigenvalue weighted by molar-refractivity contribution is 1.18. The molecule has 12 rings (SSSR count). The first-order valence-corrected chi connectivity index (χ1v) is 22.8. The van der Waals surface area contributed by atoms with Crippen LogP contribution >= 0.6 is 0 Å². The van der Waals surface area contributed by atoms with E-state index in [4.69, 9.17) is 54.9 Å². The molecule has 0 saturated carbocycles. The van der Waals surface area contributed by atoms with E-state index in [2.05, 4.69) is 150 Å². The summed E-state index contributed by atoms with van der Waals surface area (Å²) in [6.45, 7) is 0. The zero-order valence-electron chi connectivity index (χ0n) is 37.5. The van der Waals surface area contributed by atoms with Crippen molar-refractivity contribution in [3.05, 3.63) is 200 Å². The SMILES string of the molecule is [B]c1c([B])c([B])c2c(c1[B])c1c([B])c(-c3ccc4c(c3)c3ccc(-c5cccc(-c6ccccc6)c5)cc3n4-c3ccc(-c4ccccc4)cc3)c([B])c([B])c1n2-c1ccc(-c2ccccc2)cc1. The van der Waals surface area contributed by atoms with Crippen LogP contribution in [0.3, 0.4) is 0 Å². The molecule has 0 N–H and O–H groups in total. The van der Waals surface area contributed by atoms with Crippen molar-refractivity contribution >= 4 is 137 Å². The van der Waals surface area contributed by atoms with Gasteiger partial charge in [0.2, 0.25) is 0 Å². The molecule has 2 aromatic heterocycles. The molecule has 0 aliphatic carbocycles. The Labute approximate surface area is 410 Å². The lowest BCUT2D eigenvalue weighted by Crippen LogP contribution is -2.48. The van der Waals surface area contributed by atoms with Gasteiger partial charge in [0, 0.05) is 38.6 Å². The van der Waals surface area contributed by atoms with E-state index in [0.717, 1.165) is 77.7 Å². The molecule has 10 aromatic carbocycles. The van der Waals surface area contributed by atoms with Crippen molar-refractivity contribution in [3.63, 3.8) is 0 Å². The molecule has 0 unspecified atom stereocenters. The summed E-state index contributed by atoms with van der Waals surface area (Å²) in [4.78, 5) is 0. The minimum absolute atomic E-state index is 0.173. The van der Waals surface area contributed by atoms with Crippen LogP contribution in [0.15, 0.2) is 200 Å². The highest BCUT2D eigenvalue weighted by Gasteiger charge is 2.25. The van der Waals surface area contributed by atoms with E-state index >= 15 is 0 Å². The lowest BCUT2D eigenvalue weighted by atomic mass is 9.64. The van der Waals surface area contributed by atoms with E-state index in [1.807, 2.05) is 59.2 Å². The Morgan fingerprint density at radius 3 is 1.25 bits per heavy atom. The van der Waals surface area contributed by atoms with Crippen LogP contribution < -0.4 is 38.2 Å². The fraction of sp³-hybridized carbons (Fsp3) is 0. The maximum Gasteiger partial charge on any atom is 0.115 e. The van der Waals surface area contributed by atoms with Crippen LogP contribution in [0.1, 0.15) is 0 Å². The van der Waals surface area contributed by atoms with Crippen LogP contribution in [-0.2, 0) is 0 Å². The molecule has 2 nitrogen and oxygen atoms in total. The summed E-state index contributed by atoms with van der Waals surface area (Å²) in [5.74, 6) is 0. The lowest BCUT2D eigenvalue weighted by Gasteiger charge is -2.19.